The highest BCUT2D eigenvalue weighted by molar-refractivity contribution is 5.70. The van der Waals surface area contributed by atoms with Crippen LogP contribution in [-0.2, 0) is 14.3 Å². The Hall–Kier alpha value is -1.61. The van der Waals surface area contributed by atoms with Gasteiger partial charge in [-0.2, -0.15) is 0 Å². The Balaban J connectivity index is 1.83. The van der Waals surface area contributed by atoms with Crippen molar-refractivity contribution in [1.82, 2.24) is 0 Å². The fourth-order valence-electron chi connectivity index (χ4n) is 2.32. The lowest BCUT2D eigenvalue weighted by Crippen LogP contribution is -2.12. The second-order valence-electron chi connectivity index (χ2n) is 5.58. The molecule has 0 heterocycles. The summed E-state index contributed by atoms with van der Waals surface area (Å²) in [6.45, 7) is 2.96. The molecule has 23 heavy (non-hydrogen) atoms. The number of carbonyl (C=O) groups is 1. The zero-order chi connectivity index (χ0) is 16.6. The van der Waals surface area contributed by atoms with Crippen LogP contribution < -0.4 is 0 Å². The standard InChI is InChI=1S/C20H30O3/c1-2-23-20(21)18-22-17-13-8-6-4-3-5-7-10-14-19-15-11-9-12-16-19/h9-12,14-16H,2-8,13,17-18H2,1H3. The topological polar surface area (TPSA) is 35.5 Å². The molecule has 0 spiro atoms. The number of benzene rings is 1. The van der Waals surface area contributed by atoms with E-state index < -0.39 is 0 Å². The van der Waals surface area contributed by atoms with E-state index in [-0.39, 0.29) is 12.6 Å². The van der Waals surface area contributed by atoms with Crippen molar-refractivity contribution in [2.24, 2.45) is 0 Å². The van der Waals surface area contributed by atoms with Crippen molar-refractivity contribution < 1.29 is 14.3 Å². The lowest BCUT2D eigenvalue weighted by molar-refractivity contribution is -0.148. The van der Waals surface area contributed by atoms with E-state index in [0.717, 1.165) is 12.8 Å². The van der Waals surface area contributed by atoms with Gasteiger partial charge in [0, 0.05) is 6.61 Å². The fraction of sp³-hybridized carbons (Fsp3) is 0.550. The van der Waals surface area contributed by atoms with Crippen LogP contribution in [0.25, 0.3) is 6.08 Å². The van der Waals surface area contributed by atoms with E-state index in [9.17, 15) is 4.79 Å². The summed E-state index contributed by atoms with van der Waals surface area (Å²) < 4.78 is 10.1. The molecule has 0 radical (unpaired) electrons. The zero-order valence-corrected chi connectivity index (χ0v) is 14.3. The first-order chi connectivity index (χ1) is 11.3. The molecule has 3 heteroatoms. The van der Waals surface area contributed by atoms with Crippen molar-refractivity contribution in [2.45, 2.75) is 51.9 Å². The van der Waals surface area contributed by atoms with Gasteiger partial charge >= 0.3 is 5.97 Å². The Kier molecular flexibility index (Phi) is 11.8. The van der Waals surface area contributed by atoms with Crippen LogP contribution in [0.2, 0.25) is 0 Å². The Morgan fingerprint density at radius 2 is 1.70 bits per heavy atom. The molecular weight excluding hydrogens is 288 g/mol. The molecule has 3 nitrogen and oxygen atoms in total. The predicted octanol–water partition coefficient (Wildman–Crippen LogP) is 5.01. The molecule has 0 saturated heterocycles. The number of carbonyl (C=O) groups excluding carboxylic acids is 1. The van der Waals surface area contributed by atoms with Gasteiger partial charge in [0.1, 0.15) is 6.61 Å². The Bertz CT molecular complexity index is 426. The highest BCUT2D eigenvalue weighted by Crippen LogP contribution is 2.09. The largest absolute Gasteiger partial charge is 0.464 e. The summed E-state index contributed by atoms with van der Waals surface area (Å²) in [6.07, 6.45) is 12.8. The van der Waals surface area contributed by atoms with Crippen LogP contribution in [0.3, 0.4) is 0 Å². The molecule has 0 aliphatic carbocycles. The van der Waals surface area contributed by atoms with Gasteiger partial charge in [-0.1, -0.05) is 68.2 Å². The van der Waals surface area contributed by atoms with Crippen molar-refractivity contribution in [3.05, 3.63) is 42.0 Å². The zero-order valence-electron chi connectivity index (χ0n) is 14.3. The molecule has 0 amide bonds. The van der Waals surface area contributed by atoms with Gasteiger partial charge in [0.25, 0.3) is 0 Å². The second kappa shape index (κ2) is 14.0. The number of hydrogen-bond acceptors (Lipinski definition) is 3. The van der Waals surface area contributed by atoms with Gasteiger partial charge in [-0.3, -0.25) is 0 Å². The molecule has 0 bridgehead atoms. The average molecular weight is 318 g/mol. The van der Waals surface area contributed by atoms with Gasteiger partial charge in [-0.05, 0) is 31.7 Å². The van der Waals surface area contributed by atoms with E-state index in [0.29, 0.717) is 13.2 Å². The summed E-state index contributed by atoms with van der Waals surface area (Å²) in [6, 6.07) is 10.4. The van der Waals surface area contributed by atoms with Crippen molar-refractivity contribution in [2.75, 3.05) is 19.8 Å². The van der Waals surface area contributed by atoms with Crippen LogP contribution in [0.4, 0.5) is 0 Å². The lowest BCUT2D eigenvalue weighted by atomic mass is 10.1. The van der Waals surface area contributed by atoms with Crippen molar-refractivity contribution in [3.8, 4) is 0 Å². The first-order valence-electron chi connectivity index (χ1n) is 8.78. The summed E-state index contributed by atoms with van der Waals surface area (Å²) in [5, 5.41) is 0. The van der Waals surface area contributed by atoms with Crippen molar-refractivity contribution >= 4 is 12.0 Å². The van der Waals surface area contributed by atoms with Crippen LogP contribution in [0.15, 0.2) is 36.4 Å². The van der Waals surface area contributed by atoms with Gasteiger partial charge < -0.3 is 9.47 Å². The summed E-state index contributed by atoms with van der Waals surface area (Å²) in [7, 11) is 0. The molecule has 0 atom stereocenters. The van der Waals surface area contributed by atoms with E-state index in [2.05, 4.69) is 36.4 Å². The van der Waals surface area contributed by atoms with Gasteiger partial charge in [-0.25, -0.2) is 4.79 Å². The third-order valence-electron chi connectivity index (χ3n) is 3.54. The Morgan fingerprint density at radius 3 is 2.43 bits per heavy atom. The normalized spacial score (nSPS) is 11.0. The number of allylic oxidation sites excluding steroid dienone is 1. The van der Waals surface area contributed by atoms with Crippen molar-refractivity contribution in [1.29, 1.82) is 0 Å². The SMILES string of the molecule is CCOC(=O)COCCCCCCCCC=Cc1ccccc1. The maximum absolute atomic E-state index is 11.0. The van der Waals surface area contributed by atoms with Crippen molar-refractivity contribution in [3.63, 3.8) is 0 Å². The maximum atomic E-state index is 11.0. The third kappa shape index (κ3) is 11.6. The highest BCUT2D eigenvalue weighted by atomic mass is 16.6. The van der Waals surface area contributed by atoms with E-state index in [1.165, 1.54) is 37.7 Å². The van der Waals surface area contributed by atoms with Crippen LogP contribution >= 0.6 is 0 Å². The molecule has 0 aliphatic rings. The molecule has 0 saturated carbocycles. The number of hydrogen-bond donors (Lipinski definition) is 0. The first-order valence-corrected chi connectivity index (χ1v) is 8.78. The molecule has 0 aromatic heterocycles. The number of unbranched alkanes of at least 4 members (excludes halogenated alkanes) is 6. The maximum Gasteiger partial charge on any atom is 0.332 e. The van der Waals surface area contributed by atoms with E-state index in [4.69, 9.17) is 9.47 Å². The van der Waals surface area contributed by atoms with Gasteiger partial charge in [0.05, 0.1) is 6.61 Å². The Morgan fingerprint density at radius 1 is 1.00 bits per heavy atom. The third-order valence-corrected chi connectivity index (χ3v) is 3.54. The smallest absolute Gasteiger partial charge is 0.332 e. The van der Waals surface area contributed by atoms with Gasteiger partial charge in [0.2, 0.25) is 0 Å². The summed E-state index contributed by atoms with van der Waals surface area (Å²) in [4.78, 5) is 11.0. The fourth-order valence-corrected chi connectivity index (χ4v) is 2.32. The summed E-state index contributed by atoms with van der Waals surface area (Å²) >= 11 is 0. The molecule has 0 unspecified atom stereocenters. The molecule has 1 aromatic rings. The van der Waals surface area contributed by atoms with Gasteiger partial charge in [-0.15, -0.1) is 0 Å². The molecule has 1 rings (SSSR count). The lowest BCUT2D eigenvalue weighted by Gasteiger charge is -2.04. The predicted molar refractivity (Wildman–Crippen MR) is 95.2 cm³/mol. The van der Waals surface area contributed by atoms with E-state index in [1.54, 1.807) is 6.92 Å². The van der Waals surface area contributed by atoms with Crippen LogP contribution in [-0.4, -0.2) is 25.8 Å². The minimum atomic E-state index is -0.268. The second-order valence-corrected chi connectivity index (χ2v) is 5.58. The summed E-state index contributed by atoms with van der Waals surface area (Å²) in [5.74, 6) is -0.268. The number of esters is 1. The van der Waals surface area contributed by atoms with Crippen LogP contribution in [0, 0.1) is 0 Å². The molecule has 0 N–H and O–H groups in total. The summed E-state index contributed by atoms with van der Waals surface area (Å²) in [5.41, 5.74) is 1.27. The van der Waals surface area contributed by atoms with Crippen LogP contribution in [0.5, 0.6) is 0 Å². The molecule has 128 valence electrons. The minimum Gasteiger partial charge on any atom is -0.464 e. The molecule has 1 aromatic carbocycles. The molecule has 0 aliphatic heterocycles. The number of ether oxygens (including phenoxy) is 2. The number of rotatable bonds is 13. The van der Waals surface area contributed by atoms with E-state index in [1.807, 2.05) is 6.07 Å². The van der Waals surface area contributed by atoms with Crippen LogP contribution in [0.1, 0.15) is 57.4 Å². The Labute approximate surface area is 140 Å². The quantitative estimate of drug-likeness (QED) is 0.379. The average Bonchev–Trinajstić information content (AvgIpc) is 2.57. The first kappa shape index (κ1) is 19.4. The monoisotopic (exact) mass is 318 g/mol. The minimum absolute atomic E-state index is 0.0849. The molecular formula is C20H30O3. The highest BCUT2D eigenvalue weighted by Gasteiger charge is 2.00. The van der Waals surface area contributed by atoms with E-state index >= 15 is 0 Å². The molecule has 0 fully saturated rings. The van der Waals surface area contributed by atoms with Gasteiger partial charge in [0.15, 0.2) is 0 Å².